The quantitative estimate of drug-likeness (QED) is 0.493. The molecule has 3 heterocycles. The number of carbonyl (C=O) groups excluding carboxylic acids is 3. The predicted molar refractivity (Wildman–Crippen MR) is 136 cm³/mol. The first-order valence-electron chi connectivity index (χ1n) is 12.4. The topological polar surface area (TPSA) is 94.7 Å². The van der Waals surface area contributed by atoms with Crippen LogP contribution in [0.2, 0.25) is 0 Å². The van der Waals surface area contributed by atoms with Gasteiger partial charge in [0.15, 0.2) is 5.54 Å². The normalized spacial score (nSPS) is 20.0. The van der Waals surface area contributed by atoms with Crippen LogP contribution in [0.25, 0.3) is 10.9 Å². The summed E-state index contributed by atoms with van der Waals surface area (Å²) in [7, 11) is 1.58. The number of fused-ring (bicyclic) bond motifs is 5. The number of amides is 4. The van der Waals surface area contributed by atoms with Crippen molar-refractivity contribution in [2.24, 2.45) is 5.92 Å². The van der Waals surface area contributed by atoms with Crippen LogP contribution in [-0.4, -0.2) is 52.3 Å². The van der Waals surface area contributed by atoms with Crippen molar-refractivity contribution in [3.63, 3.8) is 0 Å². The van der Waals surface area contributed by atoms with Crippen molar-refractivity contribution in [2.45, 2.75) is 51.7 Å². The molecule has 36 heavy (non-hydrogen) atoms. The molecule has 2 aliphatic rings. The average molecular weight is 489 g/mol. The van der Waals surface area contributed by atoms with Gasteiger partial charge in [0, 0.05) is 29.6 Å². The fraction of sp³-hybridized carbons (Fsp3) is 0.393. The first kappa shape index (κ1) is 23.9. The largest absolute Gasteiger partial charge is 0.496 e. The molecule has 3 aromatic rings. The number of nitrogens with one attached hydrogen (secondary N) is 2. The van der Waals surface area contributed by atoms with Crippen molar-refractivity contribution < 1.29 is 19.1 Å². The molecule has 2 aromatic carbocycles. The summed E-state index contributed by atoms with van der Waals surface area (Å²) < 4.78 is 5.39. The highest BCUT2D eigenvalue weighted by Crippen LogP contribution is 2.45. The lowest BCUT2D eigenvalue weighted by atomic mass is 9.87. The molecule has 4 amide bonds. The van der Waals surface area contributed by atoms with Gasteiger partial charge in [0.2, 0.25) is 5.91 Å². The molecule has 0 aliphatic carbocycles. The van der Waals surface area contributed by atoms with Crippen LogP contribution >= 0.6 is 0 Å². The third kappa shape index (κ3) is 3.63. The molecule has 8 nitrogen and oxygen atoms in total. The zero-order valence-electron chi connectivity index (χ0n) is 21.1. The molecule has 2 atom stereocenters. The first-order chi connectivity index (χ1) is 17.3. The van der Waals surface area contributed by atoms with E-state index in [9.17, 15) is 14.4 Å². The summed E-state index contributed by atoms with van der Waals surface area (Å²) in [4.78, 5) is 47.5. The number of ether oxygens (including phenoxy) is 1. The van der Waals surface area contributed by atoms with Crippen molar-refractivity contribution in [2.75, 3.05) is 13.7 Å². The number of hydrogen-bond acceptors (Lipinski definition) is 4. The maximum atomic E-state index is 14.1. The number of aromatic nitrogens is 1. The molecule has 1 aromatic heterocycles. The number of benzene rings is 2. The summed E-state index contributed by atoms with van der Waals surface area (Å²) in [5.74, 6) is 0.0546. The third-order valence-electron chi connectivity index (χ3n) is 7.45. The number of methoxy groups -OCH3 is 1. The second kappa shape index (κ2) is 9.00. The molecule has 0 bridgehead atoms. The van der Waals surface area contributed by atoms with E-state index in [1.165, 1.54) is 4.90 Å². The van der Waals surface area contributed by atoms with Crippen molar-refractivity contribution in [3.8, 4) is 5.75 Å². The van der Waals surface area contributed by atoms with Gasteiger partial charge in [-0.1, -0.05) is 50.2 Å². The minimum Gasteiger partial charge on any atom is -0.496 e. The van der Waals surface area contributed by atoms with E-state index in [1.807, 2.05) is 62.4 Å². The highest BCUT2D eigenvalue weighted by molar-refractivity contribution is 6.11. The number of para-hydroxylation sites is 2. The van der Waals surface area contributed by atoms with Gasteiger partial charge in [-0.2, -0.15) is 0 Å². The van der Waals surface area contributed by atoms with Crippen molar-refractivity contribution >= 4 is 28.7 Å². The van der Waals surface area contributed by atoms with Gasteiger partial charge in [-0.15, -0.1) is 0 Å². The number of rotatable bonds is 7. The molecule has 2 N–H and O–H groups in total. The molecule has 8 heteroatoms. The molecule has 0 radical (unpaired) electrons. The molecule has 2 aliphatic heterocycles. The Bertz CT molecular complexity index is 1350. The van der Waals surface area contributed by atoms with Crippen LogP contribution < -0.4 is 10.1 Å². The number of urea groups is 1. The van der Waals surface area contributed by atoms with Gasteiger partial charge in [0.25, 0.3) is 5.91 Å². The average Bonchev–Trinajstić information content (AvgIpc) is 3.35. The van der Waals surface area contributed by atoms with Gasteiger partial charge in [-0.05, 0) is 43.4 Å². The van der Waals surface area contributed by atoms with Crippen LogP contribution in [0.3, 0.4) is 0 Å². The molecule has 1 fully saturated rings. The van der Waals surface area contributed by atoms with Crippen LogP contribution in [-0.2, 0) is 28.1 Å². The number of aromatic amines is 1. The van der Waals surface area contributed by atoms with Gasteiger partial charge >= 0.3 is 6.03 Å². The Labute approximate surface area is 210 Å². The molecule has 188 valence electrons. The summed E-state index contributed by atoms with van der Waals surface area (Å²) in [5.41, 5.74) is 2.39. The molecule has 2 unspecified atom stereocenters. The summed E-state index contributed by atoms with van der Waals surface area (Å²) in [6.45, 7) is 6.41. The Morgan fingerprint density at radius 1 is 1.14 bits per heavy atom. The third-order valence-corrected chi connectivity index (χ3v) is 7.45. The van der Waals surface area contributed by atoms with E-state index in [2.05, 4.69) is 10.3 Å². The molecule has 0 spiro atoms. The maximum absolute atomic E-state index is 14.1. The maximum Gasteiger partial charge on any atom is 0.328 e. The number of nitrogens with zero attached hydrogens (tertiary/aromatic N) is 2. The minimum absolute atomic E-state index is 0.0988. The van der Waals surface area contributed by atoms with Gasteiger partial charge < -0.3 is 19.9 Å². The van der Waals surface area contributed by atoms with E-state index in [0.717, 1.165) is 27.7 Å². The van der Waals surface area contributed by atoms with Gasteiger partial charge in [0.05, 0.1) is 12.8 Å². The Hall–Kier alpha value is -3.81. The van der Waals surface area contributed by atoms with Crippen LogP contribution in [0.1, 0.15) is 44.0 Å². The first-order valence-corrected chi connectivity index (χ1v) is 12.4. The Morgan fingerprint density at radius 3 is 2.61 bits per heavy atom. The SMILES string of the molecule is COc1ccccc1CNC(=O)C(CC(C)C)N1C(=O)N2CCc3c([nH]c4ccccc34)C2(C)C1=O. The highest BCUT2D eigenvalue weighted by Gasteiger charge is 2.60. The number of hydrogen-bond donors (Lipinski definition) is 2. The van der Waals surface area contributed by atoms with E-state index in [4.69, 9.17) is 4.74 Å². The fourth-order valence-corrected chi connectivity index (χ4v) is 5.62. The number of carbonyl (C=O) groups is 3. The predicted octanol–water partition coefficient (Wildman–Crippen LogP) is 3.94. The zero-order chi connectivity index (χ0) is 25.6. The number of imide groups is 1. The lowest BCUT2D eigenvalue weighted by Crippen LogP contribution is -2.51. The van der Waals surface area contributed by atoms with E-state index >= 15 is 0 Å². The Kier molecular flexibility index (Phi) is 5.98. The highest BCUT2D eigenvalue weighted by atomic mass is 16.5. The van der Waals surface area contributed by atoms with Crippen molar-refractivity contribution in [1.29, 1.82) is 0 Å². The molecule has 5 rings (SSSR count). The van der Waals surface area contributed by atoms with Gasteiger partial charge in [-0.3, -0.25) is 9.59 Å². The molecule has 1 saturated heterocycles. The number of H-pyrrole nitrogens is 1. The molecular weight excluding hydrogens is 456 g/mol. The minimum atomic E-state index is -1.18. The van der Waals surface area contributed by atoms with E-state index < -0.39 is 17.6 Å². The molecular formula is C28H32N4O4. The van der Waals surface area contributed by atoms with E-state index in [-0.39, 0.29) is 24.3 Å². The summed E-state index contributed by atoms with van der Waals surface area (Å²) in [6.07, 6.45) is 1.02. The summed E-state index contributed by atoms with van der Waals surface area (Å²) in [6, 6.07) is 14.1. The lowest BCUT2D eigenvalue weighted by Gasteiger charge is -2.36. The van der Waals surface area contributed by atoms with E-state index in [1.54, 1.807) is 18.9 Å². The van der Waals surface area contributed by atoms with Crippen molar-refractivity contribution in [3.05, 3.63) is 65.4 Å². The Balaban J connectivity index is 1.47. The van der Waals surface area contributed by atoms with Crippen LogP contribution in [0, 0.1) is 5.92 Å². The van der Waals surface area contributed by atoms with Gasteiger partial charge in [0.1, 0.15) is 11.8 Å². The van der Waals surface area contributed by atoms with Gasteiger partial charge in [-0.25, -0.2) is 9.69 Å². The Morgan fingerprint density at radius 2 is 1.86 bits per heavy atom. The lowest BCUT2D eigenvalue weighted by molar-refractivity contribution is -0.140. The summed E-state index contributed by atoms with van der Waals surface area (Å²) in [5, 5.41) is 4.01. The van der Waals surface area contributed by atoms with Crippen molar-refractivity contribution in [1.82, 2.24) is 20.1 Å². The fourth-order valence-electron chi connectivity index (χ4n) is 5.62. The van der Waals surface area contributed by atoms with E-state index in [0.29, 0.717) is 25.1 Å². The summed E-state index contributed by atoms with van der Waals surface area (Å²) >= 11 is 0. The second-order valence-electron chi connectivity index (χ2n) is 10.1. The van der Waals surface area contributed by atoms with Crippen LogP contribution in [0.5, 0.6) is 5.75 Å². The monoisotopic (exact) mass is 488 g/mol. The smallest absolute Gasteiger partial charge is 0.328 e. The zero-order valence-corrected chi connectivity index (χ0v) is 21.1. The van der Waals surface area contributed by atoms with Crippen LogP contribution in [0.4, 0.5) is 4.79 Å². The van der Waals surface area contributed by atoms with Crippen LogP contribution in [0.15, 0.2) is 48.5 Å². The second-order valence-corrected chi connectivity index (χ2v) is 10.1. The standard InChI is InChI=1S/C28H32N4O4/c1-17(2)15-22(25(33)29-16-18-9-5-8-12-23(18)36-4)32-26(34)28(3)24-20(13-14-31(28)27(32)35)19-10-6-7-11-21(19)30-24/h5-12,17,22,30H,13-16H2,1-4H3,(H,29,33). The molecule has 0 saturated carbocycles.